The first-order valence-corrected chi connectivity index (χ1v) is 6.31. The van der Waals surface area contributed by atoms with E-state index in [0.29, 0.717) is 0 Å². The summed E-state index contributed by atoms with van der Waals surface area (Å²) in [6.07, 6.45) is 4.64. The van der Waals surface area contributed by atoms with Gasteiger partial charge in [0.15, 0.2) is 0 Å². The Kier molecular flexibility index (Phi) is 4.61. The average molecular weight is 244 g/mol. The summed E-state index contributed by atoms with van der Waals surface area (Å²) in [5.41, 5.74) is 3.18. The summed E-state index contributed by atoms with van der Waals surface area (Å²) in [6.45, 7) is 2.99. The number of nitrogens with one attached hydrogen (secondary N) is 1. The molecule has 0 saturated heterocycles. The molecule has 0 saturated carbocycles. The largest absolute Gasteiger partial charge is 0.313 e. The van der Waals surface area contributed by atoms with E-state index in [2.05, 4.69) is 40.3 Å². The fraction of sp³-hybridized carbons (Fsp3) is 0.429. The number of nitrogens with zero attached hydrogens (tertiary/aromatic N) is 3. The van der Waals surface area contributed by atoms with Gasteiger partial charge in [-0.2, -0.15) is 0 Å². The predicted molar refractivity (Wildman–Crippen MR) is 74.4 cm³/mol. The molecule has 96 valence electrons. The molecule has 0 aliphatic rings. The highest BCUT2D eigenvalue weighted by atomic mass is 15.1. The molecule has 0 unspecified atom stereocenters. The summed E-state index contributed by atoms with van der Waals surface area (Å²) in [5.74, 6) is 0. The lowest BCUT2D eigenvalue weighted by Crippen LogP contribution is -2.21. The van der Waals surface area contributed by atoms with Crippen LogP contribution in [0.3, 0.4) is 0 Å². The molecular formula is C14H20N4. The summed E-state index contributed by atoms with van der Waals surface area (Å²) in [5, 5.41) is 3.45. The Labute approximate surface area is 108 Å². The zero-order chi connectivity index (χ0) is 12.8. The molecule has 0 amide bonds. The van der Waals surface area contributed by atoms with Gasteiger partial charge in [0.25, 0.3) is 0 Å². The SMILES string of the molecule is CN(C)CCCNCc1cccc2nccnc12. The van der Waals surface area contributed by atoms with Crippen molar-refractivity contribution in [2.75, 3.05) is 27.2 Å². The topological polar surface area (TPSA) is 41.0 Å². The van der Waals surface area contributed by atoms with Gasteiger partial charge in [0, 0.05) is 18.9 Å². The molecule has 4 nitrogen and oxygen atoms in total. The van der Waals surface area contributed by atoms with E-state index >= 15 is 0 Å². The van der Waals surface area contributed by atoms with Crippen molar-refractivity contribution < 1.29 is 0 Å². The maximum atomic E-state index is 4.40. The van der Waals surface area contributed by atoms with E-state index in [1.54, 1.807) is 12.4 Å². The molecule has 2 rings (SSSR count). The third-order valence-corrected chi connectivity index (χ3v) is 2.86. The van der Waals surface area contributed by atoms with Gasteiger partial charge in [0.05, 0.1) is 11.0 Å². The molecule has 0 aliphatic heterocycles. The van der Waals surface area contributed by atoms with Crippen LogP contribution in [-0.4, -0.2) is 42.1 Å². The minimum atomic E-state index is 0.851. The highest BCUT2D eigenvalue weighted by molar-refractivity contribution is 5.77. The molecule has 1 heterocycles. The molecule has 0 spiro atoms. The van der Waals surface area contributed by atoms with Crippen molar-refractivity contribution in [1.82, 2.24) is 20.2 Å². The van der Waals surface area contributed by atoms with Crippen LogP contribution in [0, 0.1) is 0 Å². The first-order valence-electron chi connectivity index (χ1n) is 6.31. The van der Waals surface area contributed by atoms with Crippen LogP contribution >= 0.6 is 0 Å². The molecule has 18 heavy (non-hydrogen) atoms. The lowest BCUT2D eigenvalue weighted by atomic mass is 10.1. The van der Waals surface area contributed by atoms with E-state index in [1.165, 1.54) is 5.56 Å². The summed E-state index contributed by atoms with van der Waals surface area (Å²) in [4.78, 5) is 10.9. The van der Waals surface area contributed by atoms with E-state index in [0.717, 1.165) is 37.1 Å². The summed E-state index contributed by atoms with van der Waals surface area (Å²) < 4.78 is 0. The zero-order valence-corrected chi connectivity index (χ0v) is 11.1. The van der Waals surface area contributed by atoms with Crippen LogP contribution in [-0.2, 0) is 6.54 Å². The van der Waals surface area contributed by atoms with Crippen LogP contribution in [0.5, 0.6) is 0 Å². The number of fused-ring (bicyclic) bond motifs is 1. The van der Waals surface area contributed by atoms with Crippen molar-refractivity contribution in [3.05, 3.63) is 36.2 Å². The smallest absolute Gasteiger partial charge is 0.0931 e. The summed E-state index contributed by atoms with van der Waals surface area (Å²) in [6, 6.07) is 6.14. The molecule has 0 atom stereocenters. The van der Waals surface area contributed by atoms with Crippen molar-refractivity contribution in [1.29, 1.82) is 0 Å². The normalized spacial score (nSPS) is 11.3. The lowest BCUT2D eigenvalue weighted by molar-refractivity contribution is 0.394. The van der Waals surface area contributed by atoms with Gasteiger partial charge in [-0.25, -0.2) is 0 Å². The van der Waals surface area contributed by atoms with Gasteiger partial charge in [-0.15, -0.1) is 0 Å². The lowest BCUT2D eigenvalue weighted by Gasteiger charge is -2.10. The van der Waals surface area contributed by atoms with Crippen LogP contribution in [0.1, 0.15) is 12.0 Å². The van der Waals surface area contributed by atoms with Gasteiger partial charge in [-0.05, 0) is 45.2 Å². The van der Waals surface area contributed by atoms with E-state index in [1.807, 2.05) is 12.1 Å². The van der Waals surface area contributed by atoms with Gasteiger partial charge >= 0.3 is 0 Å². The van der Waals surface area contributed by atoms with Crippen molar-refractivity contribution >= 4 is 11.0 Å². The number of rotatable bonds is 6. The number of benzene rings is 1. The fourth-order valence-electron chi connectivity index (χ4n) is 1.94. The summed E-state index contributed by atoms with van der Waals surface area (Å²) in [7, 11) is 4.20. The molecule has 4 heteroatoms. The van der Waals surface area contributed by atoms with Crippen molar-refractivity contribution in [3.63, 3.8) is 0 Å². The number of hydrogen-bond acceptors (Lipinski definition) is 4. The summed E-state index contributed by atoms with van der Waals surface area (Å²) >= 11 is 0. The van der Waals surface area contributed by atoms with Gasteiger partial charge in [0.2, 0.25) is 0 Å². The van der Waals surface area contributed by atoms with Crippen molar-refractivity contribution in [2.24, 2.45) is 0 Å². The van der Waals surface area contributed by atoms with Crippen LogP contribution in [0.2, 0.25) is 0 Å². The van der Waals surface area contributed by atoms with E-state index in [-0.39, 0.29) is 0 Å². The van der Waals surface area contributed by atoms with Gasteiger partial charge in [-0.1, -0.05) is 12.1 Å². The minimum absolute atomic E-state index is 0.851. The molecule has 1 aromatic carbocycles. The van der Waals surface area contributed by atoms with Crippen LogP contribution in [0.25, 0.3) is 11.0 Å². The molecule has 1 aromatic heterocycles. The Morgan fingerprint density at radius 2 is 2.00 bits per heavy atom. The first kappa shape index (κ1) is 12.9. The van der Waals surface area contributed by atoms with Crippen LogP contribution < -0.4 is 5.32 Å². The Hall–Kier alpha value is -1.52. The molecule has 0 aliphatic carbocycles. The second-order valence-corrected chi connectivity index (χ2v) is 4.67. The first-order chi connectivity index (χ1) is 8.77. The third kappa shape index (κ3) is 3.48. The Balaban J connectivity index is 1.91. The molecule has 0 radical (unpaired) electrons. The van der Waals surface area contributed by atoms with Gasteiger partial charge in [0.1, 0.15) is 0 Å². The fourth-order valence-corrected chi connectivity index (χ4v) is 1.94. The quantitative estimate of drug-likeness (QED) is 0.785. The molecule has 0 bridgehead atoms. The molecule has 2 aromatic rings. The second kappa shape index (κ2) is 6.42. The molecular weight excluding hydrogens is 224 g/mol. The highest BCUT2D eigenvalue weighted by Gasteiger charge is 2.01. The Morgan fingerprint density at radius 3 is 2.83 bits per heavy atom. The van der Waals surface area contributed by atoms with E-state index < -0.39 is 0 Å². The zero-order valence-electron chi connectivity index (χ0n) is 11.1. The Bertz CT molecular complexity index is 491. The third-order valence-electron chi connectivity index (χ3n) is 2.86. The average Bonchev–Trinajstić information content (AvgIpc) is 2.38. The van der Waals surface area contributed by atoms with Gasteiger partial charge < -0.3 is 10.2 Å². The van der Waals surface area contributed by atoms with E-state index in [9.17, 15) is 0 Å². The number of para-hydroxylation sites is 1. The van der Waals surface area contributed by atoms with Crippen molar-refractivity contribution in [3.8, 4) is 0 Å². The Morgan fingerprint density at radius 1 is 1.17 bits per heavy atom. The predicted octanol–water partition coefficient (Wildman–Crippen LogP) is 1.67. The number of aromatic nitrogens is 2. The van der Waals surface area contributed by atoms with Crippen LogP contribution in [0.4, 0.5) is 0 Å². The maximum absolute atomic E-state index is 4.40. The second-order valence-electron chi connectivity index (χ2n) is 4.67. The maximum Gasteiger partial charge on any atom is 0.0931 e. The van der Waals surface area contributed by atoms with Crippen LogP contribution in [0.15, 0.2) is 30.6 Å². The minimum Gasteiger partial charge on any atom is -0.313 e. The van der Waals surface area contributed by atoms with Crippen molar-refractivity contribution in [2.45, 2.75) is 13.0 Å². The molecule has 0 fully saturated rings. The monoisotopic (exact) mass is 244 g/mol. The van der Waals surface area contributed by atoms with E-state index in [4.69, 9.17) is 0 Å². The van der Waals surface area contributed by atoms with Gasteiger partial charge in [-0.3, -0.25) is 9.97 Å². The highest BCUT2D eigenvalue weighted by Crippen LogP contribution is 2.13. The standard InChI is InChI=1S/C14H20N4/c1-18(2)10-4-7-15-11-12-5-3-6-13-14(12)17-9-8-16-13/h3,5-6,8-9,15H,4,7,10-11H2,1-2H3. The number of hydrogen-bond donors (Lipinski definition) is 1. The molecule has 1 N–H and O–H groups in total.